The Morgan fingerprint density at radius 1 is 1.12 bits per heavy atom. The van der Waals surface area contributed by atoms with Gasteiger partial charge in [0.2, 0.25) is 0 Å². The molecule has 122 valence electrons. The van der Waals surface area contributed by atoms with Gasteiger partial charge in [0.05, 0.1) is 12.3 Å². The molecule has 5 heteroatoms. The van der Waals surface area contributed by atoms with Crippen molar-refractivity contribution in [2.75, 3.05) is 11.9 Å². The summed E-state index contributed by atoms with van der Waals surface area (Å²) in [5.41, 5.74) is 2.51. The van der Waals surface area contributed by atoms with Crippen molar-refractivity contribution in [3.63, 3.8) is 0 Å². The molecule has 24 heavy (non-hydrogen) atoms. The molecule has 0 bridgehead atoms. The highest BCUT2D eigenvalue weighted by Gasteiger charge is 2.13. The maximum Gasteiger partial charge on any atom is 0.257 e. The molecule has 0 fully saturated rings. The molecule has 0 unspecified atom stereocenters. The number of aromatic nitrogens is 1. The van der Waals surface area contributed by atoms with Crippen molar-refractivity contribution < 1.29 is 9.53 Å². The van der Waals surface area contributed by atoms with Crippen LogP contribution in [0.15, 0.2) is 54.6 Å². The average Bonchev–Trinajstić information content (AvgIpc) is 2.97. The fraction of sp³-hybridized carbons (Fsp3) is 0.158. The number of aryl methyl sites for hydroxylation is 1. The van der Waals surface area contributed by atoms with Crippen LogP contribution in [0.3, 0.4) is 0 Å². The van der Waals surface area contributed by atoms with Crippen LogP contribution in [0.4, 0.5) is 5.13 Å². The van der Waals surface area contributed by atoms with E-state index in [1.165, 1.54) is 11.3 Å². The molecule has 0 aliphatic heterocycles. The zero-order valence-corrected chi connectivity index (χ0v) is 14.4. The number of thiazole rings is 1. The Kier molecular flexibility index (Phi) is 4.91. The van der Waals surface area contributed by atoms with Gasteiger partial charge in [0.25, 0.3) is 5.91 Å². The lowest BCUT2D eigenvalue weighted by molar-refractivity contribution is 0.102. The van der Waals surface area contributed by atoms with Crippen LogP contribution in [-0.4, -0.2) is 17.5 Å². The predicted molar refractivity (Wildman–Crippen MR) is 97.9 cm³/mol. The van der Waals surface area contributed by atoms with Gasteiger partial charge in [0.15, 0.2) is 5.13 Å². The highest BCUT2D eigenvalue weighted by molar-refractivity contribution is 7.16. The van der Waals surface area contributed by atoms with Crippen molar-refractivity contribution in [1.82, 2.24) is 4.98 Å². The van der Waals surface area contributed by atoms with Crippen LogP contribution in [0, 0.1) is 6.92 Å². The molecule has 0 radical (unpaired) electrons. The molecule has 1 N–H and O–H groups in total. The summed E-state index contributed by atoms with van der Waals surface area (Å²) >= 11 is 1.47. The molecular formula is C19H18N2O2S. The summed E-state index contributed by atoms with van der Waals surface area (Å²) in [6.45, 7) is 4.60. The number of ether oxygens (including phenoxy) is 1. The van der Waals surface area contributed by atoms with E-state index in [0.29, 0.717) is 17.3 Å². The molecule has 0 saturated carbocycles. The van der Waals surface area contributed by atoms with Gasteiger partial charge in [-0.2, -0.15) is 0 Å². The quantitative estimate of drug-likeness (QED) is 0.729. The topological polar surface area (TPSA) is 51.2 Å². The third-order valence-corrected chi connectivity index (χ3v) is 4.38. The summed E-state index contributed by atoms with van der Waals surface area (Å²) in [4.78, 5) is 17.9. The van der Waals surface area contributed by atoms with Crippen molar-refractivity contribution >= 4 is 22.4 Å². The third kappa shape index (κ3) is 3.63. The molecule has 0 aliphatic rings. The molecule has 1 amide bonds. The van der Waals surface area contributed by atoms with Gasteiger partial charge in [-0.15, -0.1) is 11.3 Å². The van der Waals surface area contributed by atoms with Gasteiger partial charge in [-0.25, -0.2) is 4.98 Å². The molecule has 2 aromatic carbocycles. The van der Waals surface area contributed by atoms with Crippen LogP contribution in [-0.2, 0) is 0 Å². The number of benzene rings is 2. The van der Waals surface area contributed by atoms with E-state index in [-0.39, 0.29) is 5.91 Å². The second-order valence-electron chi connectivity index (χ2n) is 5.20. The van der Waals surface area contributed by atoms with E-state index in [0.717, 1.165) is 21.9 Å². The van der Waals surface area contributed by atoms with Gasteiger partial charge in [-0.1, -0.05) is 18.2 Å². The van der Waals surface area contributed by atoms with E-state index in [4.69, 9.17) is 4.74 Å². The lowest BCUT2D eigenvalue weighted by Crippen LogP contribution is -2.11. The first-order chi connectivity index (χ1) is 11.7. The number of nitrogens with zero attached hydrogens (tertiary/aromatic N) is 1. The number of rotatable bonds is 5. The van der Waals surface area contributed by atoms with E-state index in [2.05, 4.69) is 10.3 Å². The second-order valence-corrected chi connectivity index (χ2v) is 6.40. The van der Waals surface area contributed by atoms with Crippen molar-refractivity contribution in [1.29, 1.82) is 0 Å². The van der Waals surface area contributed by atoms with E-state index in [9.17, 15) is 4.79 Å². The maximum atomic E-state index is 12.2. The van der Waals surface area contributed by atoms with E-state index in [1.807, 2.05) is 56.3 Å². The van der Waals surface area contributed by atoms with Gasteiger partial charge in [-0.05, 0) is 50.2 Å². The largest absolute Gasteiger partial charge is 0.494 e. The van der Waals surface area contributed by atoms with E-state index in [1.54, 1.807) is 12.1 Å². The zero-order valence-electron chi connectivity index (χ0n) is 13.6. The summed E-state index contributed by atoms with van der Waals surface area (Å²) in [5.74, 6) is 0.689. The van der Waals surface area contributed by atoms with Crippen molar-refractivity contribution in [3.05, 3.63) is 65.0 Å². The van der Waals surface area contributed by atoms with Gasteiger partial charge in [-0.3, -0.25) is 10.1 Å². The fourth-order valence-electron chi connectivity index (χ4n) is 2.35. The fourth-order valence-corrected chi connectivity index (χ4v) is 3.18. The Morgan fingerprint density at radius 2 is 1.83 bits per heavy atom. The highest BCUT2D eigenvalue weighted by atomic mass is 32.1. The second kappa shape index (κ2) is 7.27. The van der Waals surface area contributed by atoms with Crippen LogP contribution in [0.25, 0.3) is 11.3 Å². The number of hydrogen-bond donors (Lipinski definition) is 1. The predicted octanol–water partition coefficient (Wildman–Crippen LogP) is 4.77. The molecule has 0 aliphatic carbocycles. The number of nitrogens with one attached hydrogen (secondary N) is 1. The highest BCUT2D eigenvalue weighted by Crippen LogP contribution is 2.31. The van der Waals surface area contributed by atoms with Crippen molar-refractivity contribution in [3.8, 4) is 17.0 Å². The summed E-state index contributed by atoms with van der Waals surface area (Å²) in [6.07, 6.45) is 0. The lowest BCUT2D eigenvalue weighted by atomic mass is 10.1. The molecule has 4 nitrogen and oxygen atoms in total. The molecule has 0 atom stereocenters. The molecule has 3 aromatic rings. The first kappa shape index (κ1) is 16.2. The van der Waals surface area contributed by atoms with Gasteiger partial charge < -0.3 is 4.74 Å². The number of carbonyl (C=O) groups is 1. The first-order valence-corrected chi connectivity index (χ1v) is 8.56. The molecule has 0 saturated heterocycles. The molecule has 1 aromatic heterocycles. The Balaban J connectivity index is 1.78. The lowest BCUT2D eigenvalue weighted by Gasteiger charge is -2.04. The molecule has 0 spiro atoms. The Labute approximate surface area is 145 Å². The van der Waals surface area contributed by atoms with Gasteiger partial charge in [0.1, 0.15) is 5.75 Å². The monoisotopic (exact) mass is 338 g/mol. The summed E-state index contributed by atoms with van der Waals surface area (Å²) in [6, 6.07) is 17.0. The summed E-state index contributed by atoms with van der Waals surface area (Å²) < 4.78 is 5.46. The Bertz CT molecular complexity index is 826. The molecule has 1 heterocycles. The van der Waals surface area contributed by atoms with Gasteiger partial charge in [0, 0.05) is 16.0 Å². The maximum absolute atomic E-state index is 12.2. The number of anilines is 1. The van der Waals surface area contributed by atoms with E-state index < -0.39 is 0 Å². The summed E-state index contributed by atoms with van der Waals surface area (Å²) in [5, 5.41) is 3.47. The van der Waals surface area contributed by atoms with Crippen molar-refractivity contribution in [2.45, 2.75) is 13.8 Å². The normalized spacial score (nSPS) is 10.4. The SMILES string of the molecule is CCOc1ccc(-c2nc(NC(=O)c3ccccc3)sc2C)cc1. The number of carbonyl (C=O) groups excluding carboxylic acids is 1. The number of hydrogen-bond acceptors (Lipinski definition) is 4. The van der Waals surface area contributed by atoms with Crippen LogP contribution in [0.5, 0.6) is 5.75 Å². The van der Waals surface area contributed by atoms with Crippen LogP contribution >= 0.6 is 11.3 Å². The minimum atomic E-state index is -0.150. The van der Waals surface area contributed by atoms with Crippen LogP contribution < -0.4 is 10.1 Å². The smallest absolute Gasteiger partial charge is 0.257 e. The first-order valence-electron chi connectivity index (χ1n) is 7.74. The van der Waals surface area contributed by atoms with E-state index >= 15 is 0 Å². The molecule has 3 rings (SSSR count). The van der Waals surface area contributed by atoms with Crippen molar-refractivity contribution in [2.24, 2.45) is 0 Å². The standard InChI is InChI=1S/C19H18N2O2S/c1-3-23-16-11-9-14(10-12-16)17-13(2)24-19(20-17)21-18(22)15-7-5-4-6-8-15/h4-12H,3H2,1-2H3,(H,20,21,22). The average molecular weight is 338 g/mol. The van der Waals surface area contributed by atoms with Crippen LogP contribution in [0.1, 0.15) is 22.2 Å². The Morgan fingerprint density at radius 3 is 2.50 bits per heavy atom. The molecular weight excluding hydrogens is 320 g/mol. The minimum absolute atomic E-state index is 0.150. The van der Waals surface area contributed by atoms with Gasteiger partial charge >= 0.3 is 0 Å². The minimum Gasteiger partial charge on any atom is -0.494 e. The third-order valence-electron chi connectivity index (χ3n) is 3.49. The van der Waals surface area contributed by atoms with Crippen LogP contribution in [0.2, 0.25) is 0 Å². The Hall–Kier alpha value is -2.66. The summed E-state index contributed by atoms with van der Waals surface area (Å²) in [7, 11) is 0. The number of amides is 1. The zero-order chi connectivity index (χ0) is 16.9.